The van der Waals surface area contributed by atoms with E-state index in [0.717, 1.165) is 5.69 Å². The van der Waals surface area contributed by atoms with E-state index in [1.165, 1.54) is 0 Å². The van der Waals surface area contributed by atoms with Gasteiger partial charge in [0.05, 0.1) is 6.61 Å². The molecule has 0 saturated heterocycles. The number of ketones is 1. The van der Waals surface area contributed by atoms with Crippen LogP contribution in [0.3, 0.4) is 0 Å². The zero-order valence-electron chi connectivity index (χ0n) is 13.0. The molecule has 0 amide bonds. The Balaban J connectivity index is 1.96. The average molecular weight is 299 g/mol. The van der Waals surface area contributed by atoms with E-state index < -0.39 is 0 Å². The summed E-state index contributed by atoms with van der Waals surface area (Å²) in [5.74, 6) is 1.15. The number of rotatable bonds is 7. The number of carbonyl (C=O) groups excluding carboxylic acids is 1. The minimum absolute atomic E-state index is 0.0184. The molecule has 1 aromatic carbocycles. The normalized spacial score (nSPS) is 10.7. The van der Waals surface area contributed by atoms with E-state index in [9.17, 15) is 9.90 Å². The van der Waals surface area contributed by atoms with Crippen LogP contribution in [0.1, 0.15) is 25.1 Å². The summed E-state index contributed by atoms with van der Waals surface area (Å²) in [6.45, 7) is 4.71. The molecule has 22 heavy (non-hydrogen) atoms. The van der Waals surface area contributed by atoms with Gasteiger partial charge < -0.3 is 9.84 Å². The van der Waals surface area contributed by atoms with Gasteiger partial charge in [0.25, 0.3) is 0 Å². The molecule has 0 fully saturated rings. The van der Waals surface area contributed by atoms with Gasteiger partial charge in [-0.1, -0.05) is 26.0 Å². The van der Waals surface area contributed by atoms with Crippen molar-refractivity contribution in [1.29, 1.82) is 0 Å². The molecule has 0 aliphatic rings. The highest BCUT2D eigenvalue weighted by molar-refractivity contribution is 5.83. The monoisotopic (exact) mass is 299 g/mol. The van der Waals surface area contributed by atoms with Crippen LogP contribution in [0, 0.1) is 5.92 Å². The van der Waals surface area contributed by atoms with Gasteiger partial charge in [0.15, 0.2) is 0 Å². The Morgan fingerprint density at radius 3 is 2.68 bits per heavy atom. The Hall–Kier alpha value is -2.36. The first kappa shape index (κ1) is 16.0. The molecule has 1 N–H and O–H groups in total. The van der Waals surface area contributed by atoms with Crippen molar-refractivity contribution in [2.45, 2.75) is 26.7 Å². The molecule has 4 heteroatoms. The number of ether oxygens (including phenoxy) is 1. The molecular weight excluding hydrogens is 278 g/mol. The summed E-state index contributed by atoms with van der Waals surface area (Å²) in [7, 11) is 0. The summed E-state index contributed by atoms with van der Waals surface area (Å²) in [4.78, 5) is 16.2. The van der Waals surface area contributed by atoms with Crippen LogP contribution < -0.4 is 4.74 Å². The maximum atomic E-state index is 12.1. The fourth-order valence-corrected chi connectivity index (χ4v) is 2.03. The van der Waals surface area contributed by atoms with Crippen LogP contribution in [-0.2, 0) is 17.6 Å². The molecule has 116 valence electrons. The van der Waals surface area contributed by atoms with Crippen LogP contribution in [-0.4, -0.2) is 22.5 Å². The molecular formula is C18H21NO3. The number of pyridine rings is 1. The van der Waals surface area contributed by atoms with Gasteiger partial charge in [0, 0.05) is 36.4 Å². The number of carbonyl (C=O) groups is 1. The lowest BCUT2D eigenvalue weighted by Crippen LogP contribution is -2.08. The first-order valence-electron chi connectivity index (χ1n) is 7.41. The second-order valence-electron chi connectivity index (χ2n) is 5.71. The number of Topliss-reactive ketones (excluding diaryl/α,β-unsaturated/α-hetero) is 1. The molecule has 2 rings (SSSR count). The summed E-state index contributed by atoms with van der Waals surface area (Å²) in [5, 5.41) is 10.0. The summed E-state index contributed by atoms with van der Waals surface area (Å²) in [5.41, 5.74) is 1.35. The smallest absolute Gasteiger partial charge is 0.143 e. The maximum absolute atomic E-state index is 12.1. The van der Waals surface area contributed by atoms with Crippen molar-refractivity contribution in [3.63, 3.8) is 0 Å². The molecule has 2 aromatic rings. The second kappa shape index (κ2) is 7.59. The number of phenols is 1. The summed E-state index contributed by atoms with van der Waals surface area (Å²) in [6.07, 6.45) is 2.12. The van der Waals surface area contributed by atoms with E-state index >= 15 is 0 Å². The Morgan fingerprint density at radius 1 is 1.23 bits per heavy atom. The van der Waals surface area contributed by atoms with Gasteiger partial charge in [-0.25, -0.2) is 0 Å². The first-order valence-corrected chi connectivity index (χ1v) is 7.41. The molecule has 0 unspecified atom stereocenters. The van der Waals surface area contributed by atoms with Crippen LogP contribution >= 0.6 is 0 Å². The van der Waals surface area contributed by atoms with Crippen molar-refractivity contribution in [3.05, 3.63) is 53.9 Å². The first-order chi connectivity index (χ1) is 10.5. The van der Waals surface area contributed by atoms with Gasteiger partial charge >= 0.3 is 0 Å². The highest BCUT2D eigenvalue weighted by Gasteiger charge is 2.10. The predicted molar refractivity (Wildman–Crippen MR) is 85.1 cm³/mol. The zero-order chi connectivity index (χ0) is 15.9. The zero-order valence-corrected chi connectivity index (χ0v) is 13.0. The highest BCUT2D eigenvalue weighted by atomic mass is 16.5. The predicted octanol–water partition coefficient (Wildman–Crippen LogP) is 3.18. The lowest BCUT2D eigenvalue weighted by molar-refractivity contribution is -0.117. The molecule has 0 bridgehead atoms. The fourth-order valence-electron chi connectivity index (χ4n) is 2.03. The molecule has 0 aliphatic heterocycles. The number of phenolic OH excluding ortho intramolecular Hbond substituents is 1. The van der Waals surface area contributed by atoms with Gasteiger partial charge in [0.1, 0.15) is 17.3 Å². The quantitative estimate of drug-likeness (QED) is 0.853. The lowest BCUT2D eigenvalue weighted by Gasteiger charge is -2.10. The number of hydrogen-bond acceptors (Lipinski definition) is 4. The average Bonchev–Trinajstić information content (AvgIpc) is 2.48. The molecule has 4 nitrogen and oxygen atoms in total. The van der Waals surface area contributed by atoms with Gasteiger partial charge in [0.2, 0.25) is 0 Å². The third kappa shape index (κ3) is 4.88. The van der Waals surface area contributed by atoms with E-state index in [1.54, 1.807) is 24.4 Å². The van der Waals surface area contributed by atoms with E-state index in [-0.39, 0.29) is 24.4 Å². The standard InChI is InChI=1S/C18H21NO3/c1-13(2)12-22-17-7-6-14(18(21)11-17)9-16(20)10-15-5-3-4-8-19-15/h3-8,11,13,21H,9-10,12H2,1-2H3. The van der Waals surface area contributed by atoms with E-state index in [2.05, 4.69) is 18.8 Å². The topological polar surface area (TPSA) is 59.4 Å². The largest absolute Gasteiger partial charge is 0.508 e. The molecule has 0 aliphatic carbocycles. The lowest BCUT2D eigenvalue weighted by atomic mass is 10.0. The maximum Gasteiger partial charge on any atom is 0.143 e. The number of aromatic nitrogens is 1. The molecule has 0 spiro atoms. The van der Waals surface area contributed by atoms with Gasteiger partial charge in [-0.15, -0.1) is 0 Å². The van der Waals surface area contributed by atoms with Gasteiger partial charge in [-0.3, -0.25) is 9.78 Å². The minimum atomic E-state index is 0.0184. The van der Waals surface area contributed by atoms with Crippen molar-refractivity contribution < 1.29 is 14.6 Å². The molecule has 0 radical (unpaired) electrons. The highest BCUT2D eigenvalue weighted by Crippen LogP contribution is 2.24. The molecule has 0 atom stereocenters. The fraction of sp³-hybridized carbons (Fsp3) is 0.333. The van der Waals surface area contributed by atoms with Crippen molar-refractivity contribution in [2.24, 2.45) is 5.92 Å². The van der Waals surface area contributed by atoms with Gasteiger partial charge in [-0.05, 0) is 24.1 Å². The van der Waals surface area contributed by atoms with Crippen LogP contribution in [0.5, 0.6) is 11.5 Å². The number of hydrogen-bond donors (Lipinski definition) is 1. The third-order valence-corrected chi connectivity index (χ3v) is 3.13. The number of benzene rings is 1. The Morgan fingerprint density at radius 2 is 2.05 bits per heavy atom. The van der Waals surface area contributed by atoms with Crippen molar-refractivity contribution in [1.82, 2.24) is 4.98 Å². The number of nitrogens with zero attached hydrogens (tertiary/aromatic N) is 1. The number of aromatic hydroxyl groups is 1. The second-order valence-corrected chi connectivity index (χ2v) is 5.71. The molecule has 1 aromatic heterocycles. The van der Waals surface area contributed by atoms with Crippen molar-refractivity contribution in [2.75, 3.05) is 6.61 Å². The van der Waals surface area contributed by atoms with E-state index in [4.69, 9.17) is 4.74 Å². The Bertz CT molecular complexity index is 623. The summed E-state index contributed by atoms with van der Waals surface area (Å²) >= 11 is 0. The van der Waals surface area contributed by atoms with Crippen LogP contribution in [0.2, 0.25) is 0 Å². The van der Waals surface area contributed by atoms with E-state index in [0.29, 0.717) is 23.8 Å². The molecule has 1 heterocycles. The van der Waals surface area contributed by atoms with Crippen molar-refractivity contribution >= 4 is 5.78 Å². The van der Waals surface area contributed by atoms with Crippen molar-refractivity contribution in [3.8, 4) is 11.5 Å². The SMILES string of the molecule is CC(C)COc1ccc(CC(=O)Cc2ccccn2)c(O)c1. The Labute approximate surface area is 130 Å². The van der Waals surface area contributed by atoms with E-state index in [1.807, 2.05) is 18.2 Å². The Kier molecular flexibility index (Phi) is 5.53. The van der Waals surface area contributed by atoms with Gasteiger partial charge in [-0.2, -0.15) is 0 Å². The molecule has 0 saturated carbocycles. The van der Waals surface area contributed by atoms with Crippen LogP contribution in [0.25, 0.3) is 0 Å². The minimum Gasteiger partial charge on any atom is -0.508 e. The third-order valence-electron chi connectivity index (χ3n) is 3.13. The van der Waals surface area contributed by atoms with Crippen LogP contribution in [0.4, 0.5) is 0 Å². The van der Waals surface area contributed by atoms with Crippen LogP contribution in [0.15, 0.2) is 42.6 Å². The summed E-state index contributed by atoms with van der Waals surface area (Å²) < 4.78 is 5.55. The summed E-state index contributed by atoms with van der Waals surface area (Å²) in [6, 6.07) is 10.6.